The second-order valence-corrected chi connectivity index (χ2v) is 6.71. The minimum absolute atomic E-state index is 0.789. The third kappa shape index (κ3) is 6.78. The lowest BCUT2D eigenvalue weighted by molar-refractivity contribution is 0.211. The third-order valence-electron chi connectivity index (χ3n) is 4.45. The highest BCUT2D eigenvalue weighted by molar-refractivity contribution is 4.77. The number of hydrogen-bond donors (Lipinski definition) is 1. The van der Waals surface area contributed by atoms with Crippen LogP contribution < -0.4 is 5.32 Å². The summed E-state index contributed by atoms with van der Waals surface area (Å²) in [5.74, 6) is 2.78. The quantitative estimate of drug-likeness (QED) is 0.570. The number of nitrogens with one attached hydrogen (secondary N) is 1. The van der Waals surface area contributed by atoms with E-state index in [0.29, 0.717) is 0 Å². The second-order valence-electron chi connectivity index (χ2n) is 6.71. The van der Waals surface area contributed by atoms with Crippen molar-refractivity contribution in [1.82, 2.24) is 5.32 Å². The molecule has 0 spiro atoms. The van der Waals surface area contributed by atoms with E-state index >= 15 is 0 Å². The Kier molecular flexibility index (Phi) is 8.75. The van der Waals surface area contributed by atoms with Gasteiger partial charge in [0.25, 0.3) is 0 Å². The average molecular weight is 253 g/mol. The maximum atomic E-state index is 3.69. The zero-order chi connectivity index (χ0) is 13.2. The molecule has 0 aromatic rings. The molecule has 1 heteroatoms. The van der Waals surface area contributed by atoms with Crippen molar-refractivity contribution >= 4 is 0 Å². The summed E-state index contributed by atoms with van der Waals surface area (Å²) in [7, 11) is 0. The molecule has 1 aliphatic rings. The average Bonchev–Trinajstić information content (AvgIpc) is 2.36. The minimum Gasteiger partial charge on any atom is -0.316 e. The molecule has 108 valence electrons. The van der Waals surface area contributed by atoms with Gasteiger partial charge in [-0.3, -0.25) is 0 Å². The Morgan fingerprint density at radius 3 is 2.39 bits per heavy atom. The lowest BCUT2D eigenvalue weighted by atomic mass is 9.76. The predicted molar refractivity (Wildman–Crippen MR) is 81.9 cm³/mol. The Labute approximate surface area is 115 Å². The van der Waals surface area contributed by atoms with Crippen LogP contribution in [0, 0.1) is 17.8 Å². The molecule has 2 atom stereocenters. The molecule has 0 heterocycles. The summed E-state index contributed by atoms with van der Waals surface area (Å²) in [6, 6.07) is 0. The lowest BCUT2D eigenvalue weighted by Gasteiger charge is -2.32. The summed E-state index contributed by atoms with van der Waals surface area (Å²) in [4.78, 5) is 0. The van der Waals surface area contributed by atoms with Crippen LogP contribution in [-0.2, 0) is 0 Å². The van der Waals surface area contributed by atoms with Gasteiger partial charge in [0.05, 0.1) is 0 Å². The molecule has 1 fully saturated rings. The Morgan fingerprint density at radius 1 is 1.00 bits per heavy atom. The predicted octanol–water partition coefficient (Wildman–Crippen LogP) is 5.01. The van der Waals surface area contributed by atoms with E-state index in [1.807, 2.05) is 0 Å². The van der Waals surface area contributed by atoms with Crippen molar-refractivity contribution in [2.24, 2.45) is 17.8 Å². The fourth-order valence-corrected chi connectivity index (χ4v) is 3.32. The zero-order valence-corrected chi connectivity index (χ0v) is 13.0. The number of unbranched alkanes of at least 4 members (excludes halogenated alkanes) is 3. The maximum Gasteiger partial charge on any atom is -0.00178 e. The van der Waals surface area contributed by atoms with Crippen LogP contribution in [0.3, 0.4) is 0 Å². The van der Waals surface area contributed by atoms with Gasteiger partial charge in [0, 0.05) is 0 Å². The van der Waals surface area contributed by atoms with Crippen molar-refractivity contribution in [1.29, 1.82) is 0 Å². The molecule has 1 saturated carbocycles. The standard InChI is InChI=1S/C17H35N/c1-4-5-6-7-10-16-11-8-9-12-17(16)14-18-13-15(2)3/h15-18H,4-14H2,1-3H3. The summed E-state index contributed by atoms with van der Waals surface area (Å²) < 4.78 is 0. The van der Waals surface area contributed by atoms with Gasteiger partial charge in [-0.2, -0.15) is 0 Å². The van der Waals surface area contributed by atoms with Crippen LogP contribution in [-0.4, -0.2) is 13.1 Å². The minimum atomic E-state index is 0.789. The van der Waals surface area contributed by atoms with E-state index in [2.05, 4.69) is 26.1 Å². The molecule has 1 aliphatic carbocycles. The molecule has 1 rings (SSSR count). The van der Waals surface area contributed by atoms with Gasteiger partial charge in [-0.1, -0.05) is 72.1 Å². The van der Waals surface area contributed by atoms with Crippen LogP contribution in [0.2, 0.25) is 0 Å². The van der Waals surface area contributed by atoms with E-state index in [1.54, 1.807) is 0 Å². The van der Waals surface area contributed by atoms with Crippen LogP contribution in [0.5, 0.6) is 0 Å². The third-order valence-corrected chi connectivity index (χ3v) is 4.45. The van der Waals surface area contributed by atoms with Crippen LogP contribution in [0.25, 0.3) is 0 Å². The Bertz CT molecular complexity index is 188. The monoisotopic (exact) mass is 253 g/mol. The topological polar surface area (TPSA) is 12.0 Å². The van der Waals surface area contributed by atoms with Crippen molar-refractivity contribution < 1.29 is 0 Å². The van der Waals surface area contributed by atoms with E-state index in [0.717, 1.165) is 17.8 Å². The summed E-state index contributed by atoms with van der Waals surface area (Å²) >= 11 is 0. The molecular weight excluding hydrogens is 218 g/mol. The Balaban J connectivity index is 2.19. The van der Waals surface area contributed by atoms with Gasteiger partial charge < -0.3 is 5.32 Å². The molecule has 0 amide bonds. The smallest absolute Gasteiger partial charge is 0.00178 e. The fraction of sp³-hybridized carbons (Fsp3) is 1.00. The first-order valence-corrected chi connectivity index (χ1v) is 8.44. The molecule has 0 aromatic carbocycles. The molecule has 0 radical (unpaired) electrons. The maximum absolute atomic E-state index is 3.69. The van der Waals surface area contributed by atoms with E-state index < -0.39 is 0 Å². The lowest BCUT2D eigenvalue weighted by Crippen LogP contribution is -2.32. The molecule has 0 aromatic heterocycles. The van der Waals surface area contributed by atoms with Gasteiger partial charge in [0.1, 0.15) is 0 Å². The van der Waals surface area contributed by atoms with E-state index in [4.69, 9.17) is 0 Å². The van der Waals surface area contributed by atoms with Gasteiger partial charge in [0.2, 0.25) is 0 Å². The van der Waals surface area contributed by atoms with Crippen molar-refractivity contribution in [2.75, 3.05) is 13.1 Å². The van der Waals surface area contributed by atoms with E-state index in [-0.39, 0.29) is 0 Å². The number of hydrogen-bond acceptors (Lipinski definition) is 1. The second kappa shape index (κ2) is 9.83. The van der Waals surface area contributed by atoms with Gasteiger partial charge in [-0.25, -0.2) is 0 Å². The fourth-order valence-electron chi connectivity index (χ4n) is 3.32. The van der Waals surface area contributed by atoms with Crippen LogP contribution in [0.1, 0.15) is 78.6 Å². The number of rotatable bonds is 9. The van der Waals surface area contributed by atoms with E-state index in [9.17, 15) is 0 Å². The highest BCUT2D eigenvalue weighted by Gasteiger charge is 2.24. The highest BCUT2D eigenvalue weighted by Crippen LogP contribution is 2.33. The van der Waals surface area contributed by atoms with Crippen molar-refractivity contribution in [2.45, 2.75) is 78.6 Å². The zero-order valence-electron chi connectivity index (χ0n) is 13.0. The van der Waals surface area contributed by atoms with E-state index in [1.165, 1.54) is 70.9 Å². The van der Waals surface area contributed by atoms with Crippen LogP contribution >= 0.6 is 0 Å². The molecule has 0 saturated heterocycles. The molecular formula is C17H35N. The molecule has 18 heavy (non-hydrogen) atoms. The Morgan fingerprint density at radius 2 is 1.72 bits per heavy atom. The molecule has 0 aliphatic heterocycles. The van der Waals surface area contributed by atoms with Crippen molar-refractivity contribution in [3.05, 3.63) is 0 Å². The first-order chi connectivity index (χ1) is 8.74. The van der Waals surface area contributed by atoms with Crippen molar-refractivity contribution in [3.8, 4) is 0 Å². The van der Waals surface area contributed by atoms with Gasteiger partial charge in [0.15, 0.2) is 0 Å². The Hall–Kier alpha value is -0.0400. The largest absolute Gasteiger partial charge is 0.316 e. The summed E-state index contributed by atoms with van der Waals surface area (Å²) in [6.45, 7) is 9.38. The van der Waals surface area contributed by atoms with Crippen LogP contribution in [0.4, 0.5) is 0 Å². The summed E-state index contributed by atoms with van der Waals surface area (Å²) in [5.41, 5.74) is 0. The van der Waals surface area contributed by atoms with Crippen LogP contribution in [0.15, 0.2) is 0 Å². The molecule has 0 bridgehead atoms. The molecule has 1 nitrogen and oxygen atoms in total. The van der Waals surface area contributed by atoms with Gasteiger partial charge >= 0.3 is 0 Å². The van der Waals surface area contributed by atoms with Gasteiger partial charge in [-0.15, -0.1) is 0 Å². The molecule has 2 unspecified atom stereocenters. The molecule has 1 N–H and O–H groups in total. The van der Waals surface area contributed by atoms with Gasteiger partial charge in [-0.05, 0) is 37.3 Å². The first kappa shape index (κ1) is 16.0. The van der Waals surface area contributed by atoms with Crippen molar-refractivity contribution in [3.63, 3.8) is 0 Å². The first-order valence-electron chi connectivity index (χ1n) is 8.44. The highest BCUT2D eigenvalue weighted by atomic mass is 14.9. The summed E-state index contributed by atoms with van der Waals surface area (Å²) in [5, 5.41) is 3.69. The normalized spacial score (nSPS) is 24.7. The summed E-state index contributed by atoms with van der Waals surface area (Å²) in [6.07, 6.45) is 13.2. The SMILES string of the molecule is CCCCCCC1CCCCC1CNCC(C)C.